The number of aliphatic carboxylic acids is 1. The fraction of sp³-hybridized carbons (Fsp3) is 0.750. The highest BCUT2D eigenvalue weighted by atomic mass is 32.2. The summed E-state index contributed by atoms with van der Waals surface area (Å²) >= 11 is 1.51. The standard InChI is InChI=1S/C12H22N2O5S/c1-4-19-10(15)5-7-14(2)12(18)13-9(11(16)17)6-8-20-3/h9H,4-8H2,1-3H3,(H,13,18)(H,16,17)/t9-/m0/s1. The number of urea groups is 1. The number of nitrogens with one attached hydrogen (secondary N) is 1. The van der Waals surface area contributed by atoms with E-state index < -0.39 is 18.0 Å². The van der Waals surface area contributed by atoms with Gasteiger partial charge in [0.1, 0.15) is 6.04 Å². The van der Waals surface area contributed by atoms with E-state index >= 15 is 0 Å². The van der Waals surface area contributed by atoms with E-state index in [0.717, 1.165) is 0 Å². The molecule has 0 saturated heterocycles. The first-order valence-electron chi connectivity index (χ1n) is 6.31. The summed E-state index contributed by atoms with van der Waals surface area (Å²) < 4.78 is 4.75. The number of ether oxygens (including phenoxy) is 1. The van der Waals surface area contributed by atoms with E-state index in [1.54, 1.807) is 6.92 Å². The molecule has 0 unspecified atom stereocenters. The van der Waals surface area contributed by atoms with Crippen LogP contribution in [0.5, 0.6) is 0 Å². The number of hydrogen-bond donors (Lipinski definition) is 2. The summed E-state index contributed by atoms with van der Waals surface area (Å²) in [4.78, 5) is 35.2. The average Bonchev–Trinajstić information content (AvgIpc) is 2.40. The van der Waals surface area contributed by atoms with Crippen molar-refractivity contribution in [1.29, 1.82) is 0 Å². The van der Waals surface area contributed by atoms with Gasteiger partial charge in [-0.3, -0.25) is 4.79 Å². The van der Waals surface area contributed by atoms with Crippen LogP contribution >= 0.6 is 11.8 Å². The molecule has 0 aliphatic heterocycles. The van der Waals surface area contributed by atoms with Gasteiger partial charge in [-0.2, -0.15) is 11.8 Å². The highest BCUT2D eigenvalue weighted by Crippen LogP contribution is 2.02. The second kappa shape index (κ2) is 10.4. The molecule has 0 aromatic carbocycles. The second-order valence-electron chi connectivity index (χ2n) is 4.10. The summed E-state index contributed by atoms with van der Waals surface area (Å²) in [6.07, 6.45) is 2.31. The van der Waals surface area contributed by atoms with Gasteiger partial charge in [-0.25, -0.2) is 9.59 Å². The van der Waals surface area contributed by atoms with E-state index in [1.165, 1.54) is 23.7 Å². The summed E-state index contributed by atoms with van der Waals surface area (Å²) in [7, 11) is 1.50. The van der Waals surface area contributed by atoms with Crippen LogP contribution in [0, 0.1) is 0 Å². The highest BCUT2D eigenvalue weighted by molar-refractivity contribution is 7.98. The van der Waals surface area contributed by atoms with Crippen LogP contribution in [0.3, 0.4) is 0 Å². The van der Waals surface area contributed by atoms with Crippen LogP contribution in [0.1, 0.15) is 19.8 Å². The summed E-state index contributed by atoms with van der Waals surface area (Å²) in [6, 6.07) is -1.43. The number of carbonyl (C=O) groups is 3. The maximum Gasteiger partial charge on any atom is 0.326 e. The van der Waals surface area contributed by atoms with E-state index in [-0.39, 0.29) is 18.9 Å². The second-order valence-corrected chi connectivity index (χ2v) is 5.08. The summed E-state index contributed by atoms with van der Waals surface area (Å²) in [5.41, 5.74) is 0. The molecule has 20 heavy (non-hydrogen) atoms. The van der Waals surface area contributed by atoms with Crippen molar-refractivity contribution in [2.24, 2.45) is 0 Å². The minimum absolute atomic E-state index is 0.0836. The first-order chi connectivity index (χ1) is 9.42. The third kappa shape index (κ3) is 7.88. The molecule has 0 aliphatic rings. The van der Waals surface area contributed by atoms with Crippen molar-refractivity contribution in [3.8, 4) is 0 Å². The molecule has 0 heterocycles. The van der Waals surface area contributed by atoms with Gasteiger partial charge in [0.2, 0.25) is 0 Å². The number of carboxylic acid groups (broad SMARTS) is 1. The fourth-order valence-electron chi connectivity index (χ4n) is 1.35. The maximum atomic E-state index is 11.8. The Morgan fingerprint density at radius 1 is 1.40 bits per heavy atom. The van der Waals surface area contributed by atoms with Crippen molar-refractivity contribution in [2.45, 2.75) is 25.8 Å². The monoisotopic (exact) mass is 306 g/mol. The number of amides is 2. The average molecular weight is 306 g/mol. The van der Waals surface area contributed by atoms with Crippen LogP contribution in [-0.2, 0) is 14.3 Å². The van der Waals surface area contributed by atoms with E-state index in [9.17, 15) is 14.4 Å². The number of rotatable bonds is 9. The number of nitrogens with zero attached hydrogens (tertiary/aromatic N) is 1. The molecule has 0 aliphatic carbocycles. The van der Waals surface area contributed by atoms with Crippen molar-refractivity contribution < 1.29 is 24.2 Å². The van der Waals surface area contributed by atoms with Gasteiger partial charge in [-0.05, 0) is 25.4 Å². The van der Waals surface area contributed by atoms with Crippen molar-refractivity contribution >= 4 is 29.7 Å². The zero-order valence-electron chi connectivity index (χ0n) is 12.0. The highest BCUT2D eigenvalue weighted by Gasteiger charge is 2.21. The Bertz CT molecular complexity index is 338. The molecule has 0 radical (unpaired) electrons. The zero-order chi connectivity index (χ0) is 15.5. The normalized spacial score (nSPS) is 11.6. The molecule has 1 atom stereocenters. The molecule has 2 amide bonds. The summed E-state index contributed by atoms with van der Waals surface area (Å²) in [6.45, 7) is 2.18. The molecule has 0 aromatic heterocycles. The van der Waals surface area contributed by atoms with Gasteiger partial charge in [0.05, 0.1) is 13.0 Å². The third-order valence-electron chi connectivity index (χ3n) is 2.51. The topological polar surface area (TPSA) is 95.9 Å². The van der Waals surface area contributed by atoms with Crippen LogP contribution in [0.2, 0.25) is 0 Å². The van der Waals surface area contributed by atoms with E-state index in [4.69, 9.17) is 9.84 Å². The lowest BCUT2D eigenvalue weighted by Gasteiger charge is -2.21. The molecule has 7 nitrogen and oxygen atoms in total. The molecule has 0 bridgehead atoms. The summed E-state index contributed by atoms with van der Waals surface area (Å²) in [5.74, 6) is -0.806. The number of hydrogen-bond acceptors (Lipinski definition) is 5. The lowest BCUT2D eigenvalue weighted by Crippen LogP contribution is -2.47. The quantitative estimate of drug-likeness (QED) is 0.611. The Labute approximate surface area is 123 Å². The lowest BCUT2D eigenvalue weighted by atomic mass is 10.2. The van der Waals surface area contributed by atoms with Crippen LogP contribution < -0.4 is 5.32 Å². The van der Waals surface area contributed by atoms with Gasteiger partial charge < -0.3 is 20.1 Å². The molecule has 0 fully saturated rings. The van der Waals surface area contributed by atoms with Crippen LogP contribution in [0.15, 0.2) is 0 Å². The zero-order valence-corrected chi connectivity index (χ0v) is 12.9. The van der Waals surface area contributed by atoms with E-state index in [2.05, 4.69) is 5.32 Å². The van der Waals surface area contributed by atoms with Crippen molar-refractivity contribution in [3.63, 3.8) is 0 Å². The van der Waals surface area contributed by atoms with Gasteiger partial charge in [-0.15, -0.1) is 0 Å². The molecule has 0 spiro atoms. The molecule has 116 valence electrons. The lowest BCUT2D eigenvalue weighted by molar-refractivity contribution is -0.143. The molecular weight excluding hydrogens is 284 g/mol. The molecule has 0 aromatic rings. The Kier molecular flexibility index (Phi) is 9.61. The minimum atomic E-state index is -1.06. The number of thioether (sulfide) groups is 1. The van der Waals surface area contributed by atoms with Gasteiger partial charge in [-0.1, -0.05) is 0 Å². The summed E-state index contributed by atoms with van der Waals surface area (Å²) in [5, 5.41) is 11.4. The predicted molar refractivity (Wildman–Crippen MR) is 76.8 cm³/mol. The Balaban J connectivity index is 4.21. The number of carbonyl (C=O) groups excluding carboxylic acids is 2. The minimum Gasteiger partial charge on any atom is -0.480 e. The van der Waals surface area contributed by atoms with Gasteiger partial charge in [0.25, 0.3) is 0 Å². The predicted octanol–water partition coefficient (Wildman–Crippen LogP) is 0.787. The van der Waals surface area contributed by atoms with Crippen LogP contribution in [0.4, 0.5) is 4.79 Å². The van der Waals surface area contributed by atoms with Crippen LogP contribution in [0.25, 0.3) is 0 Å². The van der Waals surface area contributed by atoms with Crippen molar-refractivity contribution in [3.05, 3.63) is 0 Å². The maximum absolute atomic E-state index is 11.8. The first kappa shape index (κ1) is 18.6. The SMILES string of the molecule is CCOC(=O)CCN(C)C(=O)N[C@@H](CCSC)C(=O)O. The largest absolute Gasteiger partial charge is 0.480 e. The van der Waals surface area contributed by atoms with Gasteiger partial charge in [0.15, 0.2) is 0 Å². The molecule has 0 rings (SSSR count). The fourth-order valence-corrected chi connectivity index (χ4v) is 1.82. The first-order valence-corrected chi connectivity index (χ1v) is 7.70. The van der Waals surface area contributed by atoms with E-state index in [1.807, 2.05) is 6.26 Å². The molecule has 8 heteroatoms. The number of carboxylic acids is 1. The van der Waals surface area contributed by atoms with Crippen molar-refractivity contribution in [1.82, 2.24) is 10.2 Å². The smallest absolute Gasteiger partial charge is 0.326 e. The Morgan fingerprint density at radius 2 is 2.05 bits per heavy atom. The van der Waals surface area contributed by atoms with Gasteiger partial charge >= 0.3 is 18.0 Å². The Hall–Kier alpha value is -1.44. The molecular formula is C12H22N2O5S. The van der Waals surface area contributed by atoms with Gasteiger partial charge in [0, 0.05) is 13.6 Å². The van der Waals surface area contributed by atoms with E-state index in [0.29, 0.717) is 18.8 Å². The van der Waals surface area contributed by atoms with Crippen molar-refractivity contribution in [2.75, 3.05) is 32.2 Å². The Morgan fingerprint density at radius 3 is 2.55 bits per heavy atom. The third-order valence-corrected chi connectivity index (χ3v) is 3.15. The molecule has 0 saturated carbocycles. The number of esters is 1. The van der Waals surface area contributed by atoms with Crippen LogP contribution in [-0.4, -0.2) is 66.2 Å². The molecule has 2 N–H and O–H groups in total.